The minimum atomic E-state index is 0.231. The lowest BCUT2D eigenvalue weighted by molar-refractivity contribution is 0.159. The first-order chi connectivity index (χ1) is 8.97. The topological polar surface area (TPSA) is 23.5 Å². The molecule has 0 heterocycles. The fourth-order valence-electron chi connectivity index (χ4n) is 2.48. The van der Waals surface area contributed by atoms with Gasteiger partial charge in [0, 0.05) is 22.1 Å². The van der Waals surface area contributed by atoms with E-state index in [4.69, 9.17) is 0 Å². The van der Waals surface area contributed by atoms with Crippen LogP contribution in [0.4, 0.5) is 0 Å². The summed E-state index contributed by atoms with van der Waals surface area (Å²) >= 11 is 3.48. The Bertz CT molecular complexity index is 392. The molecular weight excluding hydrogens is 302 g/mol. The Hall–Kier alpha value is -0.540. The van der Waals surface area contributed by atoms with Crippen LogP contribution in [0.5, 0.6) is 5.75 Å². The van der Waals surface area contributed by atoms with E-state index in [0.29, 0.717) is 11.8 Å². The molecule has 0 saturated carbocycles. The highest BCUT2D eigenvalue weighted by Gasteiger charge is 2.20. The lowest BCUT2D eigenvalue weighted by atomic mass is 10.0. The molecule has 0 aromatic heterocycles. The molecule has 1 aromatic carbocycles. The zero-order chi connectivity index (χ0) is 14.4. The van der Waals surface area contributed by atoms with E-state index in [2.05, 4.69) is 48.5 Å². The molecule has 0 amide bonds. The molecule has 0 radical (unpaired) electrons. The minimum absolute atomic E-state index is 0.231. The van der Waals surface area contributed by atoms with Gasteiger partial charge in [-0.3, -0.25) is 4.90 Å². The van der Waals surface area contributed by atoms with Crippen molar-refractivity contribution in [3.8, 4) is 5.75 Å². The number of unbranched alkanes of at least 4 members (excludes halogenated alkanes) is 2. The Morgan fingerprint density at radius 1 is 1.21 bits per heavy atom. The summed E-state index contributed by atoms with van der Waals surface area (Å²) in [5, 5.41) is 10.1. The van der Waals surface area contributed by atoms with Crippen LogP contribution < -0.4 is 0 Å². The fourth-order valence-corrected chi connectivity index (χ4v) is 2.86. The highest BCUT2D eigenvalue weighted by atomic mass is 79.9. The first-order valence-corrected chi connectivity index (χ1v) is 8.00. The number of halogens is 1. The molecule has 0 bridgehead atoms. The smallest absolute Gasteiger partial charge is 0.120 e. The van der Waals surface area contributed by atoms with E-state index in [0.717, 1.165) is 16.6 Å². The Labute approximate surface area is 126 Å². The molecule has 1 N–H and O–H groups in total. The maximum absolute atomic E-state index is 10.1. The number of nitrogens with zero attached hydrogens (tertiary/aromatic N) is 1. The predicted octanol–water partition coefficient (Wildman–Crippen LogP) is 5.12. The number of phenols is 1. The van der Waals surface area contributed by atoms with Gasteiger partial charge in [-0.25, -0.2) is 0 Å². The molecule has 1 unspecified atom stereocenters. The lowest BCUT2D eigenvalue weighted by Crippen LogP contribution is -2.34. The van der Waals surface area contributed by atoms with Gasteiger partial charge in [0.1, 0.15) is 5.75 Å². The Morgan fingerprint density at radius 2 is 1.89 bits per heavy atom. The first kappa shape index (κ1) is 16.5. The van der Waals surface area contributed by atoms with Crippen LogP contribution in [0, 0.1) is 0 Å². The molecule has 1 atom stereocenters. The molecule has 0 spiro atoms. The summed E-state index contributed by atoms with van der Waals surface area (Å²) in [6.45, 7) is 9.92. The van der Waals surface area contributed by atoms with Crippen molar-refractivity contribution < 1.29 is 5.11 Å². The average molecular weight is 328 g/mol. The van der Waals surface area contributed by atoms with Crippen LogP contribution in [0.15, 0.2) is 22.7 Å². The maximum atomic E-state index is 10.1. The van der Waals surface area contributed by atoms with Gasteiger partial charge in [-0.05, 0) is 51.9 Å². The van der Waals surface area contributed by atoms with Gasteiger partial charge in [-0.1, -0.05) is 35.7 Å². The molecule has 1 aromatic rings. The fraction of sp³-hybridized carbons (Fsp3) is 0.625. The zero-order valence-electron chi connectivity index (χ0n) is 12.5. The first-order valence-electron chi connectivity index (χ1n) is 7.21. The zero-order valence-corrected chi connectivity index (χ0v) is 14.1. The second-order valence-electron chi connectivity index (χ2n) is 5.42. The van der Waals surface area contributed by atoms with Gasteiger partial charge < -0.3 is 5.11 Å². The summed E-state index contributed by atoms with van der Waals surface area (Å²) in [6, 6.07) is 6.37. The average Bonchev–Trinajstić information content (AvgIpc) is 2.36. The normalized spacial score (nSPS) is 13.2. The van der Waals surface area contributed by atoms with Crippen molar-refractivity contribution in [2.24, 2.45) is 0 Å². The second kappa shape index (κ2) is 7.91. The number of aromatic hydroxyl groups is 1. The van der Waals surface area contributed by atoms with Crippen molar-refractivity contribution >= 4 is 15.9 Å². The lowest BCUT2D eigenvalue weighted by Gasteiger charge is -2.33. The molecule has 0 saturated heterocycles. The van der Waals surface area contributed by atoms with E-state index in [1.807, 2.05) is 12.1 Å². The highest BCUT2D eigenvalue weighted by Crippen LogP contribution is 2.32. The SMILES string of the molecule is CCCCCN(C(C)C)C(C)c1cc(Br)ccc1O. The van der Waals surface area contributed by atoms with E-state index >= 15 is 0 Å². The monoisotopic (exact) mass is 327 g/mol. The molecule has 19 heavy (non-hydrogen) atoms. The van der Waals surface area contributed by atoms with Gasteiger partial charge in [0.2, 0.25) is 0 Å². The largest absolute Gasteiger partial charge is 0.508 e. The number of hydrogen-bond donors (Lipinski definition) is 1. The van der Waals surface area contributed by atoms with Gasteiger partial charge >= 0.3 is 0 Å². The Kier molecular flexibility index (Phi) is 6.87. The summed E-state index contributed by atoms with van der Waals surface area (Å²) in [5.74, 6) is 0.386. The quantitative estimate of drug-likeness (QED) is 0.703. The van der Waals surface area contributed by atoms with Gasteiger partial charge in [-0.15, -0.1) is 0 Å². The minimum Gasteiger partial charge on any atom is -0.508 e. The summed E-state index contributed by atoms with van der Waals surface area (Å²) in [5.41, 5.74) is 1.000. The highest BCUT2D eigenvalue weighted by molar-refractivity contribution is 9.10. The number of hydrogen-bond acceptors (Lipinski definition) is 2. The van der Waals surface area contributed by atoms with Crippen LogP contribution in [0.3, 0.4) is 0 Å². The van der Waals surface area contributed by atoms with Gasteiger partial charge in [0.15, 0.2) is 0 Å². The standard InChI is InChI=1S/C16H26BrNO/c1-5-6-7-10-18(12(2)3)13(4)15-11-14(17)8-9-16(15)19/h8-9,11-13,19H,5-7,10H2,1-4H3. The van der Waals surface area contributed by atoms with Gasteiger partial charge in [-0.2, -0.15) is 0 Å². The molecule has 0 aliphatic rings. The molecular formula is C16H26BrNO. The van der Waals surface area contributed by atoms with Crippen molar-refractivity contribution in [2.45, 2.75) is 59.0 Å². The molecule has 1 rings (SSSR count). The van der Waals surface area contributed by atoms with Gasteiger partial charge in [0.25, 0.3) is 0 Å². The van der Waals surface area contributed by atoms with Crippen LogP contribution in [-0.4, -0.2) is 22.6 Å². The van der Waals surface area contributed by atoms with E-state index in [-0.39, 0.29) is 6.04 Å². The molecule has 108 valence electrons. The second-order valence-corrected chi connectivity index (χ2v) is 6.33. The third-order valence-electron chi connectivity index (χ3n) is 3.62. The van der Waals surface area contributed by atoms with Crippen molar-refractivity contribution in [2.75, 3.05) is 6.54 Å². The number of phenolic OH excluding ortho intramolecular Hbond substituents is 1. The Balaban J connectivity index is 2.86. The van der Waals surface area contributed by atoms with Crippen LogP contribution in [0.25, 0.3) is 0 Å². The summed E-state index contributed by atoms with van der Waals surface area (Å²) < 4.78 is 1.02. The van der Waals surface area contributed by atoms with Crippen molar-refractivity contribution in [3.05, 3.63) is 28.2 Å². The van der Waals surface area contributed by atoms with E-state index < -0.39 is 0 Å². The van der Waals surface area contributed by atoms with E-state index in [1.165, 1.54) is 19.3 Å². The van der Waals surface area contributed by atoms with Gasteiger partial charge in [0.05, 0.1) is 0 Å². The molecule has 0 aliphatic heterocycles. The van der Waals surface area contributed by atoms with Crippen LogP contribution in [0.1, 0.15) is 58.6 Å². The molecule has 0 aliphatic carbocycles. The van der Waals surface area contributed by atoms with E-state index in [9.17, 15) is 5.11 Å². The van der Waals surface area contributed by atoms with Crippen LogP contribution in [-0.2, 0) is 0 Å². The predicted molar refractivity (Wildman–Crippen MR) is 85.6 cm³/mol. The number of benzene rings is 1. The van der Waals surface area contributed by atoms with E-state index in [1.54, 1.807) is 6.07 Å². The van der Waals surface area contributed by atoms with Crippen LogP contribution >= 0.6 is 15.9 Å². The van der Waals surface area contributed by atoms with Crippen molar-refractivity contribution in [3.63, 3.8) is 0 Å². The Morgan fingerprint density at radius 3 is 2.47 bits per heavy atom. The summed E-state index contributed by atoms with van der Waals surface area (Å²) in [4.78, 5) is 2.46. The summed E-state index contributed by atoms with van der Waals surface area (Å²) in [7, 11) is 0. The van der Waals surface area contributed by atoms with Crippen LogP contribution in [0.2, 0.25) is 0 Å². The van der Waals surface area contributed by atoms with Crippen molar-refractivity contribution in [1.29, 1.82) is 0 Å². The molecule has 0 fully saturated rings. The molecule has 3 heteroatoms. The maximum Gasteiger partial charge on any atom is 0.120 e. The third-order valence-corrected chi connectivity index (χ3v) is 4.11. The summed E-state index contributed by atoms with van der Waals surface area (Å²) in [6.07, 6.45) is 3.72. The number of rotatable bonds is 7. The molecule has 2 nitrogen and oxygen atoms in total. The van der Waals surface area contributed by atoms with Crippen molar-refractivity contribution in [1.82, 2.24) is 4.90 Å². The third kappa shape index (κ3) is 4.81.